The van der Waals surface area contributed by atoms with Gasteiger partial charge < -0.3 is 14.5 Å². The maximum atomic E-state index is 12.3. The molecule has 1 aliphatic rings. The van der Waals surface area contributed by atoms with Gasteiger partial charge in [0.25, 0.3) is 0 Å². The third-order valence-corrected chi connectivity index (χ3v) is 4.07. The molecule has 8 heteroatoms. The topological polar surface area (TPSA) is 63.5 Å². The van der Waals surface area contributed by atoms with Crippen molar-refractivity contribution in [1.82, 2.24) is 24.6 Å². The molecule has 0 unspecified atom stereocenters. The number of halogens is 1. The molecule has 1 aromatic heterocycles. The van der Waals surface area contributed by atoms with E-state index >= 15 is 0 Å². The lowest BCUT2D eigenvalue weighted by atomic mass is 10.3. The zero-order valence-corrected chi connectivity index (χ0v) is 13.8. The summed E-state index contributed by atoms with van der Waals surface area (Å²) in [6, 6.07) is 7.34. The summed E-state index contributed by atoms with van der Waals surface area (Å²) in [5.41, 5.74) is 0.790. The summed E-state index contributed by atoms with van der Waals surface area (Å²) in [4.78, 5) is 16.2. The Hall–Kier alpha value is -2.12. The van der Waals surface area contributed by atoms with Crippen molar-refractivity contribution in [2.24, 2.45) is 0 Å². The largest absolute Gasteiger partial charge is 0.417 e. The highest BCUT2D eigenvalue weighted by Gasteiger charge is 2.23. The fraction of sp³-hybridized carbons (Fsp3) is 0.400. The molecule has 0 bridgehead atoms. The number of rotatable bonds is 2. The third-order valence-electron chi connectivity index (χ3n) is 3.82. The van der Waals surface area contributed by atoms with Crippen LogP contribution in [-0.4, -0.2) is 63.9 Å². The molecule has 2 heterocycles. The molecule has 122 valence electrons. The van der Waals surface area contributed by atoms with Gasteiger partial charge in [0.15, 0.2) is 0 Å². The van der Waals surface area contributed by atoms with Crippen LogP contribution in [0.5, 0.6) is 6.01 Å². The van der Waals surface area contributed by atoms with Gasteiger partial charge in [-0.1, -0.05) is 16.7 Å². The Bertz CT molecular complexity index is 692. The Morgan fingerprint density at radius 1 is 1.13 bits per heavy atom. The van der Waals surface area contributed by atoms with Gasteiger partial charge >= 0.3 is 12.1 Å². The molecule has 0 N–H and O–H groups in total. The lowest BCUT2D eigenvalue weighted by molar-refractivity contribution is 0.117. The zero-order chi connectivity index (χ0) is 16.4. The molecule has 0 atom stereocenters. The van der Waals surface area contributed by atoms with E-state index in [1.165, 1.54) is 0 Å². The number of benzene rings is 1. The molecule has 1 aromatic carbocycles. The van der Waals surface area contributed by atoms with Crippen LogP contribution in [0.15, 0.2) is 24.3 Å². The van der Waals surface area contributed by atoms with Crippen molar-refractivity contribution in [3.63, 3.8) is 0 Å². The molecule has 1 aliphatic heterocycles. The molecule has 0 radical (unpaired) electrons. The minimum absolute atomic E-state index is 0.161. The Labute approximate surface area is 139 Å². The van der Waals surface area contributed by atoms with Crippen molar-refractivity contribution in [3.05, 3.63) is 35.1 Å². The van der Waals surface area contributed by atoms with Crippen molar-refractivity contribution in [3.8, 4) is 11.7 Å². The van der Waals surface area contributed by atoms with Crippen LogP contribution < -0.4 is 4.74 Å². The van der Waals surface area contributed by atoms with E-state index < -0.39 is 6.09 Å². The molecule has 23 heavy (non-hydrogen) atoms. The van der Waals surface area contributed by atoms with Gasteiger partial charge in [-0.15, -0.1) is 5.10 Å². The lowest BCUT2D eigenvalue weighted by Crippen LogP contribution is -2.48. The average molecular weight is 336 g/mol. The number of hydrogen-bond donors (Lipinski definition) is 0. The first kappa shape index (κ1) is 15.8. The van der Waals surface area contributed by atoms with Gasteiger partial charge in [-0.3, -0.25) is 0 Å². The van der Waals surface area contributed by atoms with Gasteiger partial charge in [0.05, 0.1) is 5.69 Å². The van der Waals surface area contributed by atoms with E-state index in [4.69, 9.17) is 16.3 Å². The minimum atomic E-state index is -0.402. The highest BCUT2D eigenvalue weighted by molar-refractivity contribution is 6.30. The summed E-state index contributed by atoms with van der Waals surface area (Å²) in [7, 11) is 2.03. The second-order valence-electron chi connectivity index (χ2n) is 5.50. The highest BCUT2D eigenvalue weighted by atomic mass is 35.5. The Morgan fingerprint density at radius 3 is 2.43 bits per heavy atom. The lowest BCUT2D eigenvalue weighted by Gasteiger charge is -2.31. The van der Waals surface area contributed by atoms with E-state index in [0.29, 0.717) is 23.9 Å². The van der Waals surface area contributed by atoms with Gasteiger partial charge in [-0.2, -0.15) is 0 Å². The first-order chi connectivity index (χ1) is 11.0. The summed E-state index contributed by atoms with van der Waals surface area (Å²) >= 11 is 5.91. The standard InChI is InChI=1S/C15H18ClN5O2/c1-11-17-18-14(21(11)13-5-3-12(16)4-6-13)23-15(22)20-9-7-19(2)8-10-20/h3-6H,7-10H2,1-2H3. The van der Waals surface area contributed by atoms with Crippen molar-refractivity contribution in [1.29, 1.82) is 0 Å². The van der Waals surface area contributed by atoms with E-state index in [2.05, 4.69) is 15.1 Å². The number of piperazine rings is 1. The normalized spacial score (nSPS) is 15.7. The number of ether oxygens (including phenoxy) is 1. The fourth-order valence-corrected chi connectivity index (χ4v) is 2.55. The Kier molecular flexibility index (Phi) is 4.49. The number of carbonyl (C=O) groups is 1. The van der Waals surface area contributed by atoms with Crippen LogP contribution >= 0.6 is 11.6 Å². The van der Waals surface area contributed by atoms with E-state index in [1.54, 1.807) is 28.5 Å². The van der Waals surface area contributed by atoms with Crippen LogP contribution in [0.1, 0.15) is 5.82 Å². The van der Waals surface area contributed by atoms with E-state index in [0.717, 1.165) is 18.8 Å². The second kappa shape index (κ2) is 6.55. The molecule has 1 saturated heterocycles. The molecular formula is C15H18ClN5O2. The quantitative estimate of drug-likeness (QED) is 0.839. The number of nitrogens with zero attached hydrogens (tertiary/aromatic N) is 5. The number of aromatic nitrogens is 3. The van der Waals surface area contributed by atoms with Crippen LogP contribution in [0.2, 0.25) is 5.02 Å². The molecule has 0 aliphatic carbocycles. The molecule has 1 amide bonds. The summed E-state index contributed by atoms with van der Waals surface area (Å²) < 4.78 is 7.14. The number of likely N-dealkylation sites (N-methyl/N-ethyl adjacent to an activating group) is 1. The summed E-state index contributed by atoms with van der Waals surface area (Å²) in [5.74, 6) is 0.633. The van der Waals surface area contributed by atoms with Crippen LogP contribution in [0.3, 0.4) is 0 Å². The van der Waals surface area contributed by atoms with E-state index in [-0.39, 0.29) is 6.01 Å². The second-order valence-corrected chi connectivity index (χ2v) is 5.94. The fourth-order valence-electron chi connectivity index (χ4n) is 2.43. The van der Waals surface area contributed by atoms with Crippen LogP contribution in [0.4, 0.5) is 4.79 Å². The van der Waals surface area contributed by atoms with E-state index in [1.807, 2.05) is 19.2 Å². The third kappa shape index (κ3) is 3.46. The van der Waals surface area contributed by atoms with Gasteiger partial charge in [-0.05, 0) is 38.2 Å². The SMILES string of the molecule is Cc1nnc(OC(=O)N2CCN(C)CC2)n1-c1ccc(Cl)cc1. The zero-order valence-electron chi connectivity index (χ0n) is 13.1. The molecule has 0 saturated carbocycles. The molecule has 7 nitrogen and oxygen atoms in total. The summed E-state index contributed by atoms with van der Waals surface area (Å²) in [5, 5.41) is 8.60. The van der Waals surface area contributed by atoms with Crippen molar-refractivity contribution in [2.75, 3.05) is 33.2 Å². The van der Waals surface area contributed by atoms with E-state index in [9.17, 15) is 4.79 Å². The summed E-state index contributed by atoms with van der Waals surface area (Å²) in [6.07, 6.45) is -0.402. The van der Waals surface area contributed by atoms with Crippen LogP contribution in [0.25, 0.3) is 5.69 Å². The smallest absolute Gasteiger partial charge is 0.374 e. The van der Waals surface area contributed by atoms with Gasteiger partial charge in [0, 0.05) is 31.2 Å². The first-order valence-electron chi connectivity index (χ1n) is 7.38. The predicted octanol–water partition coefficient (Wildman–Crippen LogP) is 1.98. The van der Waals surface area contributed by atoms with Crippen LogP contribution in [-0.2, 0) is 0 Å². The summed E-state index contributed by atoms with van der Waals surface area (Å²) in [6.45, 7) is 4.75. The monoisotopic (exact) mass is 335 g/mol. The Balaban J connectivity index is 1.78. The molecular weight excluding hydrogens is 318 g/mol. The van der Waals surface area contributed by atoms with Gasteiger partial charge in [0.1, 0.15) is 5.82 Å². The Morgan fingerprint density at radius 2 is 1.78 bits per heavy atom. The number of aryl methyl sites for hydroxylation is 1. The maximum Gasteiger partial charge on any atom is 0.417 e. The highest BCUT2D eigenvalue weighted by Crippen LogP contribution is 2.21. The maximum absolute atomic E-state index is 12.3. The minimum Gasteiger partial charge on any atom is -0.374 e. The van der Waals surface area contributed by atoms with Gasteiger partial charge in [-0.25, -0.2) is 9.36 Å². The predicted molar refractivity (Wildman–Crippen MR) is 86.2 cm³/mol. The number of carbonyl (C=O) groups excluding carboxylic acids is 1. The number of hydrogen-bond acceptors (Lipinski definition) is 5. The van der Waals surface area contributed by atoms with Crippen molar-refractivity contribution >= 4 is 17.7 Å². The molecule has 1 fully saturated rings. The van der Waals surface area contributed by atoms with Crippen LogP contribution in [0, 0.1) is 6.92 Å². The van der Waals surface area contributed by atoms with Gasteiger partial charge in [0.2, 0.25) is 0 Å². The molecule has 0 spiro atoms. The molecule has 2 aromatic rings. The average Bonchev–Trinajstić information content (AvgIpc) is 2.89. The number of amides is 1. The van der Waals surface area contributed by atoms with Crippen molar-refractivity contribution in [2.45, 2.75) is 6.92 Å². The first-order valence-corrected chi connectivity index (χ1v) is 7.75. The van der Waals surface area contributed by atoms with Crippen molar-refractivity contribution < 1.29 is 9.53 Å². The molecule has 3 rings (SSSR count).